The lowest BCUT2D eigenvalue weighted by molar-refractivity contribution is 0.0697. The van der Waals surface area contributed by atoms with E-state index in [1.54, 1.807) is 16.9 Å². The summed E-state index contributed by atoms with van der Waals surface area (Å²) in [4.78, 5) is 10.8. The van der Waals surface area contributed by atoms with Crippen LogP contribution in [-0.4, -0.2) is 35.8 Å². The predicted octanol–water partition coefficient (Wildman–Crippen LogP) is 3.21. The molecule has 136 valence electrons. The first-order valence-electron chi connectivity index (χ1n) is 7.47. The van der Waals surface area contributed by atoms with Gasteiger partial charge >= 0.3 is 5.97 Å². The van der Waals surface area contributed by atoms with Gasteiger partial charge in [0.15, 0.2) is 0 Å². The van der Waals surface area contributed by atoms with Gasteiger partial charge in [-0.3, -0.25) is 4.68 Å². The van der Waals surface area contributed by atoms with Crippen LogP contribution in [-0.2, 0) is 10.0 Å². The van der Waals surface area contributed by atoms with Crippen LogP contribution in [0.5, 0.6) is 0 Å². The number of carbonyl (C=O) groups is 1. The first-order chi connectivity index (χ1) is 11.8. The maximum absolute atomic E-state index is 12.4. The Balaban J connectivity index is 2.14. The maximum Gasteiger partial charge on any atom is 0.337 e. The summed E-state index contributed by atoms with van der Waals surface area (Å²) in [5, 5.41) is 13.0. The van der Waals surface area contributed by atoms with Gasteiger partial charge in [0, 0.05) is 18.9 Å². The van der Waals surface area contributed by atoms with E-state index >= 15 is 0 Å². The second-order valence-electron chi connectivity index (χ2n) is 5.30. The molecule has 10 heteroatoms. The second kappa shape index (κ2) is 8.18. The zero-order valence-electron chi connectivity index (χ0n) is 13.3. The summed E-state index contributed by atoms with van der Waals surface area (Å²) in [7, 11) is -3.97. The summed E-state index contributed by atoms with van der Waals surface area (Å²) >= 11 is 11.7. The second-order valence-corrected chi connectivity index (χ2v) is 7.85. The van der Waals surface area contributed by atoms with E-state index in [0.717, 1.165) is 18.6 Å². The molecule has 0 aliphatic heterocycles. The summed E-state index contributed by atoms with van der Waals surface area (Å²) in [6.07, 6.45) is 4.79. The van der Waals surface area contributed by atoms with Crippen LogP contribution in [0.15, 0.2) is 35.5 Å². The highest BCUT2D eigenvalue weighted by molar-refractivity contribution is 7.89. The molecule has 1 unspecified atom stereocenters. The minimum Gasteiger partial charge on any atom is -0.478 e. The zero-order chi connectivity index (χ0) is 18.6. The minimum absolute atomic E-state index is 0.0490. The molecule has 7 nitrogen and oxygen atoms in total. The van der Waals surface area contributed by atoms with E-state index in [2.05, 4.69) is 9.82 Å². The molecular formula is C15H17Cl2N3O4S. The van der Waals surface area contributed by atoms with Crippen LogP contribution < -0.4 is 4.72 Å². The smallest absolute Gasteiger partial charge is 0.337 e. The van der Waals surface area contributed by atoms with Gasteiger partial charge in [0.25, 0.3) is 0 Å². The van der Waals surface area contributed by atoms with E-state index in [-0.39, 0.29) is 33.1 Å². The Bertz CT molecular complexity index is 854. The fourth-order valence-electron chi connectivity index (χ4n) is 2.36. The van der Waals surface area contributed by atoms with E-state index in [9.17, 15) is 13.2 Å². The van der Waals surface area contributed by atoms with E-state index < -0.39 is 16.0 Å². The molecule has 0 saturated heterocycles. The molecule has 2 rings (SSSR count). The molecule has 1 atom stereocenters. The topological polar surface area (TPSA) is 101 Å². The van der Waals surface area contributed by atoms with Crippen LogP contribution >= 0.6 is 23.2 Å². The van der Waals surface area contributed by atoms with Gasteiger partial charge in [-0.2, -0.15) is 5.10 Å². The van der Waals surface area contributed by atoms with Crippen LogP contribution in [0.25, 0.3) is 0 Å². The molecule has 2 N–H and O–H groups in total. The standard InChI is InChI=1S/C15H17Cl2N3O4S/c1-2-10(20-7-3-5-18-20)4-6-19-25(23,24)14-8-11(15(21)22)12(16)9-13(14)17/h3,5,7-10,19H,2,4,6H2,1H3,(H,21,22). The molecule has 25 heavy (non-hydrogen) atoms. The molecule has 0 bridgehead atoms. The van der Waals surface area contributed by atoms with Crippen molar-refractivity contribution >= 4 is 39.2 Å². The fraction of sp³-hybridized carbons (Fsp3) is 0.333. The third kappa shape index (κ3) is 4.72. The monoisotopic (exact) mass is 405 g/mol. The number of hydrogen-bond donors (Lipinski definition) is 2. The Labute approximate surface area is 155 Å². The Morgan fingerprint density at radius 1 is 1.36 bits per heavy atom. The van der Waals surface area contributed by atoms with Crippen molar-refractivity contribution in [3.05, 3.63) is 46.2 Å². The summed E-state index contributed by atoms with van der Waals surface area (Å²) in [5.41, 5.74) is -0.325. The molecule has 0 aliphatic rings. The van der Waals surface area contributed by atoms with Crippen molar-refractivity contribution in [1.29, 1.82) is 0 Å². The molecule has 1 aromatic heterocycles. The van der Waals surface area contributed by atoms with Crippen LogP contribution in [0.2, 0.25) is 10.0 Å². The van der Waals surface area contributed by atoms with Gasteiger partial charge in [-0.15, -0.1) is 0 Å². The number of carboxylic acid groups (broad SMARTS) is 1. The Morgan fingerprint density at radius 3 is 2.64 bits per heavy atom. The Hall–Kier alpha value is -1.61. The SMILES string of the molecule is CCC(CCNS(=O)(=O)c1cc(C(=O)O)c(Cl)cc1Cl)n1cccn1. The van der Waals surface area contributed by atoms with Gasteiger partial charge in [0.05, 0.1) is 21.7 Å². The van der Waals surface area contributed by atoms with Gasteiger partial charge in [-0.25, -0.2) is 17.9 Å². The Morgan fingerprint density at radius 2 is 2.08 bits per heavy atom. The number of aromatic carboxylic acids is 1. The molecule has 0 spiro atoms. The highest BCUT2D eigenvalue weighted by Crippen LogP contribution is 2.28. The molecular weight excluding hydrogens is 389 g/mol. The normalized spacial score (nSPS) is 12.9. The predicted molar refractivity (Wildman–Crippen MR) is 94.8 cm³/mol. The molecule has 1 heterocycles. The number of sulfonamides is 1. The number of hydrogen-bond acceptors (Lipinski definition) is 4. The largest absolute Gasteiger partial charge is 0.478 e. The third-order valence-corrected chi connectivity index (χ3v) is 5.92. The summed E-state index contributed by atoms with van der Waals surface area (Å²) in [6, 6.07) is 3.92. The van der Waals surface area contributed by atoms with Gasteiger partial charge < -0.3 is 5.11 Å². The Kier molecular flexibility index (Phi) is 6.45. The van der Waals surface area contributed by atoms with Crippen LogP contribution in [0.1, 0.15) is 36.2 Å². The highest BCUT2D eigenvalue weighted by Gasteiger charge is 2.22. The average Bonchev–Trinajstić information content (AvgIpc) is 3.05. The van der Waals surface area contributed by atoms with Gasteiger partial charge in [0.2, 0.25) is 10.0 Å². The van der Waals surface area contributed by atoms with Crippen LogP contribution in [0.4, 0.5) is 0 Å². The molecule has 2 aromatic rings. The quantitative estimate of drug-likeness (QED) is 0.701. The summed E-state index contributed by atoms with van der Waals surface area (Å²) in [6.45, 7) is 2.14. The lowest BCUT2D eigenvalue weighted by Crippen LogP contribution is -2.27. The van der Waals surface area contributed by atoms with Crippen molar-refractivity contribution < 1.29 is 18.3 Å². The first kappa shape index (κ1) is 19.7. The van der Waals surface area contributed by atoms with Crippen LogP contribution in [0, 0.1) is 0 Å². The number of aromatic nitrogens is 2. The minimum atomic E-state index is -3.97. The van der Waals surface area contributed by atoms with Gasteiger partial charge in [0.1, 0.15) is 4.90 Å². The van der Waals surface area contributed by atoms with Gasteiger partial charge in [-0.1, -0.05) is 30.1 Å². The number of carboxylic acids is 1. The lowest BCUT2D eigenvalue weighted by Gasteiger charge is -2.16. The van der Waals surface area contributed by atoms with Crippen molar-refractivity contribution in [3.8, 4) is 0 Å². The number of halogens is 2. The molecule has 0 radical (unpaired) electrons. The van der Waals surface area contributed by atoms with Crippen molar-refractivity contribution in [1.82, 2.24) is 14.5 Å². The lowest BCUT2D eigenvalue weighted by atomic mass is 10.1. The average molecular weight is 406 g/mol. The zero-order valence-corrected chi connectivity index (χ0v) is 15.6. The third-order valence-electron chi connectivity index (χ3n) is 3.68. The molecule has 0 fully saturated rings. The van der Waals surface area contributed by atoms with Crippen molar-refractivity contribution in [2.45, 2.75) is 30.7 Å². The van der Waals surface area contributed by atoms with E-state index in [1.165, 1.54) is 0 Å². The van der Waals surface area contributed by atoms with Crippen molar-refractivity contribution in [3.63, 3.8) is 0 Å². The number of rotatable bonds is 8. The van der Waals surface area contributed by atoms with E-state index in [1.807, 2.05) is 13.1 Å². The molecule has 0 aliphatic carbocycles. The number of benzene rings is 1. The van der Waals surface area contributed by atoms with E-state index in [4.69, 9.17) is 28.3 Å². The number of nitrogens with one attached hydrogen (secondary N) is 1. The van der Waals surface area contributed by atoms with Gasteiger partial charge in [-0.05, 0) is 31.0 Å². The fourth-order valence-corrected chi connectivity index (χ4v) is 4.26. The molecule has 0 saturated carbocycles. The van der Waals surface area contributed by atoms with E-state index in [0.29, 0.717) is 6.42 Å². The summed E-state index contributed by atoms with van der Waals surface area (Å²) < 4.78 is 29.1. The first-order valence-corrected chi connectivity index (χ1v) is 9.71. The molecule has 0 amide bonds. The van der Waals surface area contributed by atoms with Crippen LogP contribution in [0.3, 0.4) is 0 Å². The van der Waals surface area contributed by atoms with Crippen molar-refractivity contribution in [2.75, 3.05) is 6.54 Å². The molecule has 1 aromatic carbocycles. The number of nitrogens with zero attached hydrogens (tertiary/aromatic N) is 2. The maximum atomic E-state index is 12.4. The van der Waals surface area contributed by atoms with Crippen molar-refractivity contribution in [2.24, 2.45) is 0 Å². The summed E-state index contributed by atoms with van der Waals surface area (Å²) in [5.74, 6) is -1.33. The highest BCUT2D eigenvalue weighted by atomic mass is 35.5.